The molecule has 0 unspecified atom stereocenters. The lowest BCUT2D eigenvalue weighted by Gasteiger charge is -2.25. The highest BCUT2D eigenvalue weighted by Gasteiger charge is 2.39. The van der Waals surface area contributed by atoms with Crippen LogP contribution in [-0.4, -0.2) is 41.0 Å². The van der Waals surface area contributed by atoms with Gasteiger partial charge in [-0.25, -0.2) is 4.39 Å². The van der Waals surface area contributed by atoms with E-state index >= 15 is 0 Å². The summed E-state index contributed by atoms with van der Waals surface area (Å²) < 4.78 is 20.6. The number of nitrogens with one attached hydrogen (secondary N) is 1. The molecule has 0 aliphatic carbocycles. The van der Waals surface area contributed by atoms with Crippen LogP contribution in [0.25, 0.3) is 0 Å². The summed E-state index contributed by atoms with van der Waals surface area (Å²) in [5.41, 5.74) is 3.22. The monoisotopic (exact) mass is 510 g/mol. The van der Waals surface area contributed by atoms with E-state index in [4.69, 9.17) is 9.84 Å². The van der Waals surface area contributed by atoms with E-state index in [-0.39, 0.29) is 47.1 Å². The van der Waals surface area contributed by atoms with Gasteiger partial charge in [0.1, 0.15) is 23.9 Å². The Morgan fingerprint density at radius 1 is 1.19 bits per heavy atom. The van der Waals surface area contributed by atoms with E-state index in [0.29, 0.717) is 5.82 Å². The number of amides is 2. The van der Waals surface area contributed by atoms with Gasteiger partial charge < -0.3 is 10.1 Å². The van der Waals surface area contributed by atoms with Crippen LogP contribution in [0.3, 0.4) is 0 Å². The minimum absolute atomic E-state index is 0.144. The van der Waals surface area contributed by atoms with Gasteiger partial charge in [-0.3, -0.25) is 19.2 Å². The average molecular weight is 511 g/mol. The Hall–Kier alpha value is -3.33. The molecular weight excluding hydrogens is 479 g/mol. The van der Waals surface area contributed by atoms with Crippen LogP contribution in [0.15, 0.2) is 48.5 Å². The zero-order valence-corrected chi connectivity index (χ0v) is 22.0. The van der Waals surface area contributed by atoms with Gasteiger partial charge in [-0.15, -0.1) is 11.8 Å². The Labute approximate surface area is 215 Å². The van der Waals surface area contributed by atoms with Gasteiger partial charge in [-0.1, -0.05) is 51.1 Å². The molecule has 2 amide bonds. The third-order valence-electron chi connectivity index (χ3n) is 6.08. The zero-order valence-electron chi connectivity index (χ0n) is 21.2. The maximum absolute atomic E-state index is 13.4. The largest absolute Gasteiger partial charge is 0.496 e. The van der Waals surface area contributed by atoms with Crippen molar-refractivity contribution in [1.29, 1.82) is 0 Å². The van der Waals surface area contributed by atoms with Crippen molar-refractivity contribution in [1.82, 2.24) is 15.1 Å². The third-order valence-corrected chi connectivity index (χ3v) is 7.32. The molecule has 2 aromatic carbocycles. The fourth-order valence-corrected chi connectivity index (χ4v) is 5.60. The van der Waals surface area contributed by atoms with E-state index in [0.717, 1.165) is 28.1 Å². The molecule has 4 rings (SSSR count). The molecule has 9 heteroatoms. The number of halogens is 1. The number of methoxy groups -OCH3 is 1. The van der Waals surface area contributed by atoms with E-state index < -0.39 is 0 Å². The molecule has 0 saturated heterocycles. The number of rotatable bonds is 6. The first-order valence-electron chi connectivity index (χ1n) is 11.7. The molecule has 2 heterocycles. The van der Waals surface area contributed by atoms with Crippen LogP contribution in [-0.2, 0) is 28.6 Å². The lowest BCUT2D eigenvalue weighted by Crippen LogP contribution is -2.42. The summed E-state index contributed by atoms with van der Waals surface area (Å²) >= 11 is 1.51. The number of carbonyl (C=O) groups is 2. The summed E-state index contributed by atoms with van der Waals surface area (Å²) in [4.78, 5) is 27.9. The van der Waals surface area contributed by atoms with Crippen LogP contribution < -0.4 is 15.0 Å². The Balaban J connectivity index is 1.72. The van der Waals surface area contributed by atoms with Crippen LogP contribution in [0.5, 0.6) is 5.75 Å². The Morgan fingerprint density at radius 2 is 1.89 bits per heavy atom. The van der Waals surface area contributed by atoms with E-state index in [1.54, 1.807) is 31.0 Å². The number of fused-ring (bicyclic) bond motifs is 1. The van der Waals surface area contributed by atoms with Crippen molar-refractivity contribution < 1.29 is 18.7 Å². The van der Waals surface area contributed by atoms with Gasteiger partial charge in [-0.2, -0.15) is 5.10 Å². The smallest absolute Gasteiger partial charge is 0.240 e. The van der Waals surface area contributed by atoms with Crippen molar-refractivity contribution in [2.24, 2.45) is 7.05 Å². The SMILES string of the molecule is COc1ccccc1[C@H]1SCC(=O)N(CC(=O)NCc2ccc(F)cc2)c2c1c(C(C)(C)C)nn2C. The molecule has 1 aliphatic rings. The van der Waals surface area contributed by atoms with Crippen LogP contribution in [0.4, 0.5) is 10.2 Å². The predicted molar refractivity (Wildman–Crippen MR) is 140 cm³/mol. The highest BCUT2D eigenvalue weighted by atomic mass is 32.2. The first-order valence-corrected chi connectivity index (χ1v) is 12.8. The van der Waals surface area contributed by atoms with Gasteiger partial charge in [0.15, 0.2) is 0 Å². The average Bonchev–Trinajstić information content (AvgIpc) is 3.12. The Kier molecular flexibility index (Phi) is 7.40. The molecule has 1 aromatic heterocycles. The second kappa shape index (κ2) is 10.3. The molecular formula is C27H31FN4O3S. The quantitative estimate of drug-likeness (QED) is 0.534. The number of nitrogens with zero attached hydrogens (tertiary/aromatic N) is 3. The highest BCUT2D eigenvalue weighted by Crippen LogP contribution is 2.49. The summed E-state index contributed by atoms with van der Waals surface area (Å²) in [5.74, 6) is 0.745. The number of aryl methyl sites for hydroxylation is 1. The molecule has 190 valence electrons. The second-order valence-corrected chi connectivity index (χ2v) is 10.9. The summed E-state index contributed by atoms with van der Waals surface area (Å²) in [6, 6.07) is 13.7. The number of para-hydroxylation sites is 1. The molecule has 36 heavy (non-hydrogen) atoms. The van der Waals surface area contributed by atoms with Crippen LogP contribution in [0.1, 0.15) is 48.4 Å². The van der Waals surface area contributed by atoms with Gasteiger partial charge in [0.2, 0.25) is 11.8 Å². The summed E-state index contributed by atoms with van der Waals surface area (Å²) in [7, 11) is 3.44. The normalized spacial score (nSPS) is 15.9. The van der Waals surface area contributed by atoms with E-state index in [9.17, 15) is 14.0 Å². The van der Waals surface area contributed by atoms with Gasteiger partial charge in [0.25, 0.3) is 0 Å². The maximum Gasteiger partial charge on any atom is 0.240 e. The fourth-order valence-electron chi connectivity index (χ4n) is 4.37. The minimum Gasteiger partial charge on any atom is -0.496 e. The van der Waals surface area contributed by atoms with Crippen molar-refractivity contribution in [2.75, 3.05) is 24.3 Å². The van der Waals surface area contributed by atoms with Gasteiger partial charge >= 0.3 is 0 Å². The topological polar surface area (TPSA) is 76.5 Å². The van der Waals surface area contributed by atoms with Crippen molar-refractivity contribution in [2.45, 2.75) is 38.0 Å². The molecule has 0 saturated carbocycles. The highest BCUT2D eigenvalue weighted by molar-refractivity contribution is 8.00. The predicted octanol–water partition coefficient (Wildman–Crippen LogP) is 4.35. The van der Waals surface area contributed by atoms with Gasteiger partial charge in [-0.05, 0) is 23.8 Å². The maximum atomic E-state index is 13.4. The third kappa shape index (κ3) is 5.26. The first kappa shape index (κ1) is 25.8. The van der Waals surface area contributed by atoms with Gasteiger partial charge in [0, 0.05) is 30.1 Å². The number of hydrogen-bond acceptors (Lipinski definition) is 5. The zero-order chi connectivity index (χ0) is 26.0. The van der Waals surface area contributed by atoms with Crippen molar-refractivity contribution >= 4 is 29.4 Å². The van der Waals surface area contributed by atoms with Crippen molar-refractivity contribution in [3.8, 4) is 5.75 Å². The Morgan fingerprint density at radius 3 is 2.56 bits per heavy atom. The summed E-state index contributed by atoms with van der Waals surface area (Å²) in [6.45, 7) is 6.37. The van der Waals surface area contributed by atoms with E-state index in [1.165, 1.54) is 28.8 Å². The standard InChI is InChI=1S/C27H31FN4O3S/c1-27(2,3)25-23-24(19-8-6-7-9-20(19)35-5)36-16-22(34)32(26(23)31(4)30-25)15-21(33)29-14-17-10-12-18(28)13-11-17/h6-13,24H,14-16H2,1-5H3,(H,29,33)/t24-/m1/s1. The lowest BCUT2D eigenvalue weighted by atomic mass is 9.87. The number of anilines is 1. The molecule has 1 atom stereocenters. The molecule has 0 radical (unpaired) electrons. The number of aromatic nitrogens is 2. The molecule has 1 aliphatic heterocycles. The second-order valence-electron chi connectivity index (χ2n) is 9.78. The molecule has 7 nitrogen and oxygen atoms in total. The van der Waals surface area contributed by atoms with E-state index in [1.807, 2.05) is 24.3 Å². The Bertz CT molecular complexity index is 1270. The number of carbonyl (C=O) groups excluding carboxylic acids is 2. The fraction of sp³-hybridized carbons (Fsp3) is 0.370. The molecule has 3 aromatic rings. The lowest BCUT2D eigenvalue weighted by molar-refractivity contribution is -0.123. The number of ether oxygens (including phenoxy) is 1. The van der Waals surface area contributed by atoms with Gasteiger partial charge in [0.05, 0.1) is 23.8 Å². The summed E-state index contributed by atoms with van der Waals surface area (Å²) in [5, 5.41) is 7.48. The molecule has 0 spiro atoms. The van der Waals surface area contributed by atoms with E-state index in [2.05, 4.69) is 26.1 Å². The molecule has 0 bridgehead atoms. The van der Waals surface area contributed by atoms with Crippen LogP contribution in [0.2, 0.25) is 0 Å². The number of benzene rings is 2. The van der Waals surface area contributed by atoms with Crippen LogP contribution in [0, 0.1) is 5.82 Å². The first-order chi connectivity index (χ1) is 17.1. The van der Waals surface area contributed by atoms with Crippen molar-refractivity contribution in [3.63, 3.8) is 0 Å². The number of thioether (sulfide) groups is 1. The molecule has 1 N–H and O–H groups in total. The van der Waals surface area contributed by atoms with Crippen LogP contribution >= 0.6 is 11.8 Å². The van der Waals surface area contributed by atoms with Crippen molar-refractivity contribution in [3.05, 3.63) is 76.7 Å². The minimum atomic E-state index is -0.333. The summed E-state index contributed by atoms with van der Waals surface area (Å²) in [6.07, 6.45) is 0. The molecule has 0 fully saturated rings. The number of hydrogen-bond donors (Lipinski definition) is 1.